The highest BCUT2D eigenvalue weighted by atomic mass is 15.2. The van der Waals surface area contributed by atoms with Gasteiger partial charge in [0.2, 0.25) is 0 Å². The minimum atomic E-state index is 0.254. The lowest BCUT2D eigenvalue weighted by atomic mass is 9.75. The largest absolute Gasteiger partial charge is 0.296 e. The minimum Gasteiger partial charge on any atom is -0.296 e. The van der Waals surface area contributed by atoms with Gasteiger partial charge in [-0.25, -0.2) is 0 Å². The number of nitrogens with zero attached hydrogens (tertiary/aromatic N) is 2. The third kappa shape index (κ3) is 2.38. The van der Waals surface area contributed by atoms with E-state index in [4.69, 9.17) is 0 Å². The van der Waals surface area contributed by atoms with E-state index in [1.54, 1.807) is 0 Å². The highest BCUT2D eigenvalue weighted by Crippen LogP contribution is 2.45. The summed E-state index contributed by atoms with van der Waals surface area (Å²) in [7, 11) is 0. The highest BCUT2D eigenvalue weighted by Gasteiger charge is 2.45. The van der Waals surface area contributed by atoms with Crippen molar-refractivity contribution in [3.63, 3.8) is 0 Å². The molecular formula is C19H24N2. The maximum Gasteiger partial charge on any atom is 0.0672 e. The van der Waals surface area contributed by atoms with Gasteiger partial charge in [-0.3, -0.25) is 4.90 Å². The van der Waals surface area contributed by atoms with Gasteiger partial charge >= 0.3 is 0 Å². The zero-order valence-electron chi connectivity index (χ0n) is 12.6. The summed E-state index contributed by atoms with van der Waals surface area (Å²) in [5.41, 5.74) is 1.48. The molecule has 0 amide bonds. The quantitative estimate of drug-likeness (QED) is 0.820. The van der Waals surface area contributed by atoms with Crippen molar-refractivity contribution in [3.05, 3.63) is 35.9 Å². The van der Waals surface area contributed by atoms with Crippen LogP contribution >= 0.6 is 0 Å². The molecule has 0 aromatic heterocycles. The van der Waals surface area contributed by atoms with Crippen LogP contribution in [0, 0.1) is 23.2 Å². The lowest BCUT2D eigenvalue weighted by Gasteiger charge is -2.42. The molecule has 0 spiro atoms. The molecule has 2 saturated carbocycles. The van der Waals surface area contributed by atoms with E-state index in [0.717, 1.165) is 18.4 Å². The molecule has 110 valence electrons. The topological polar surface area (TPSA) is 27.0 Å². The van der Waals surface area contributed by atoms with E-state index in [0.29, 0.717) is 12.0 Å². The van der Waals surface area contributed by atoms with Crippen LogP contribution in [0.15, 0.2) is 30.3 Å². The molecule has 1 aromatic rings. The molecule has 3 aliphatic rings. The Labute approximate surface area is 127 Å². The molecule has 2 aliphatic carbocycles. The number of hydrogen-bond donors (Lipinski definition) is 0. The van der Waals surface area contributed by atoms with Crippen LogP contribution in [0.2, 0.25) is 0 Å². The van der Waals surface area contributed by atoms with Crippen molar-refractivity contribution in [2.24, 2.45) is 11.8 Å². The Balaban J connectivity index is 1.54. The van der Waals surface area contributed by atoms with Crippen molar-refractivity contribution in [2.75, 3.05) is 6.54 Å². The lowest BCUT2D eigenvalue weighted by Crippen LogP contribution is -2.47. The molecule has 2 nitrogen and oxygen atoms in total. The molecule has 0 radical (unpaired) electrons. The van der Waals surface area contributed by atoms with E-state index in [1.807, 2.05) is 0 Å². The van der Waals surface area contributed by atoms with E-state index in [-0.39, 0.29) is 5.92 Å². The van der Waals surface area contributed by atoms with Gasteiger partial charge in [-0.05, 0) is 55.9 Å². The van der Waals surface area contributed by atoms with Gasteiger partial charge in [-0.1, -0.05) is 30.3 Å². The first-order chi connectivity index (χ1) is 10.3. The van der Waals surface area contributed by atoms with Crippen LogP contribution in [-0.2, 0) is 0 Å². The summed E-state index contributed by atoms with van der Waals surface area (Å²) in [6, 6.07) is 14.8. The molecule has 2 bridgehead atoms. The van der Waals surface area contributed by atoms with Crippen LogP contribution in [-0.4, -0.2) is 23.5 Å². The molecule has 3 fully saturated rings. The van der Waals surface area contributed by atoms with Crippen molar-refractivity contribution in [1.29, 1.82) is 5.26 Å². The van der Waals surface area contributed by atoms with Gasteiger partial charge in [0.1, 0.15) is 0 Å². The molecule has 4 rings (SSSR count). The van der Waals surface area contributed by atoms with Crippen LogP contribution in [0.4, 0.5) is 0 Å². The van der Waals surface area contributed by atoms with Gasteiger partial charge in [0.15, 0.2) is 0 Å². The Hall–Kier alpha value is -1.33. The van der Waals surface area contributed by atoms with Crippen LogP contribution in [0.5, 0.6) is 0 Å². The van der Waals surface area contributed by atoms with Crippen LogP contribution in [0.25, 0.3) is 0 Å². The van der Waals surface area contributed by atoms with Crippen molar-refractivity contribution in [3.8, 4) is 6.07 Å². The molecule has 1 heterocycles. The second-order valence-electron chi connectivity index (χ2n) is 7.25. The van der Waals surface area contributed by atoms with Crippen molar-refractivity contribution in [2.45, 2.75) is 56.5 Å². The smallest absolute Gasteiger partial charge is 0.0672 e. The zero-order chi connectivity index (χ0) is 14.2. The van der Waals surface area contributed by atoms with Gasteiger partial charge in [-0.15, -0.1) is 0 Å². The number of likely N-dealkylation sites (tertiary alicyclic amines) is 1. The third-order valence-corrected chi connectivity index (χ3v) is 6.13. The van der Waals surface area contributed by atoms with E-state index in [9.17, 15) is 5.26 Å². The SMILES string of the molecule is N#CC1CCC(c2ccccc2)CC1N1CC2CCC1C2. The monoisotopic (exact) mass is 280 g/mol. The van der Waals surface area contributed by atoms with Gasteiger partial charge in [0, 0.05) is 18.6 Å². The first-order valence-corrected chi connectivity index (χ1v) is 8.55. The molecule has 1 aromatic carbocycles. The van der Waals surface area contributed by atoms with Crippen molar-refractivity contribution >= 4 is 0 Å². The number of hydrogen-bond acceptors (Lipinski definition) is 2. The van der Waals surface area contributed by atoms with Gasteiger partial charge < -0.3 is 0 Å². The summed E-state index contributed by atoms with van der Waals surface area (Å²) in [6.07, 6.45) is 7.63. The second kappa shape index (κ2) is 5.46. The number of nitriles is 1. The summed E-state index contributed by atoms with van der Waals surface area (Å²) in [5, 5.41) is 9.57. The first-order valence-electron chi connectivity index (χ1n) is 8.55. The first kappa shape index (κ1) is 13.3. The molecule has 5 unspecified atom stereocenters. The highest BCUT2D eigenvalue weighted by molar-refractivity contribution is 5.21. The number of fused-ring (bicyclic) bond motifs is 2. The van der Waals surface area contributed by atoms with Crippen LogP contribution in [0.3, 0.4) is 0 Å². The summed E-state index contributed by atoms with van der Waals surface area (Å²) < 4.78 is 0. The molecule has 5 atom stereocenters. The Morgan fingerprint density at radius 1 is 1.00 bits per heavy atom. The van der Waals surface area contributed by atoms with Gasteiger partial charge in [0.05, 0.1) is 12.0 Å². The fourth-order valence-electron chi connectivity index (χ4n) is 5.06. The summed E-state index contributed by atoms with van der Waals surface area (Å²) >= 11 is 0. The maximum atomic E-state index is 9.57. The fraction of sp³-hybridized carbons (Fsp3) is 0.632. The van der Waals surface area contributed by atoms with Gasteiger partial charge in [0.25, 0.3) is 0 Å². The average Bonchev–Trinajstić information content (AvgIpc) is 3.18. The van der Waals surface area contributed by atoms with Crippen molar-refractivity contribution in [1.82, 2.24) is 4.90 Å². The van der Waals surface area contributed by atoms with Gasteiger partial charge in [-0.2, -0.15) is 5.26 Å². The number of piperidine rings is 1. The third-order valence-electron chi connectivity index (χ3n) is 6.13. The van der Waals surface area contributed by atoms with E-state index >= 15 is 0 Å². The predicted molar refractivity (Wildman–Crippen MR) is 83.8 cm³/mol. The molecule has 0 N–H and O–H groups in total. The Bertz CT molecular complexity index is 532. The average molecular weight is 280 g/mol. The van der Waals surface area contributed by atoms with E-state index < -0.39 is 0 Å². The van der Waals surface area contributed by atoms with Crippen molar-refractivity contribution < 1.29 is 0 Å². The zero-order valence-corrected chi connectivity index (χ0v) is 12.6. The normalized spacial score (nSPS) is 39.3. The number of benzene rings is 1. The van der Waals surface area contributed by atoms with E-state index in [2.05, 4.69) is 41.3 Å². The summed E-state index contributed by atoms with van der Waals surface area (Å²) in [5.74, 6) is 1.83. The second-order valence-corrected chi connectivity index (χ2v) is 7.25. The fourth-order valence-corrected chi connectivity index (χ4v) is 5.06. The molecule has 21 heavy (non-hydrogen) atoms. The predicted octanol–water partition coefficient (Wildman–Crippen LogP) is 3.95. The standard InChI is InChI=1S/C19H24N2/c20-12-17-8-7-16(15-4-2-1-3-5-15)11-19(17)21-13-14-6-9-18(21)10-14/h1-5,14,16-19H,6-11,13H2. The lowest BCUT2D eigenvalue weighted by molar-refractivity contribution is 0.0864. The van der Waals surface area contributed by atoms with Crippen LogP contribution in [0.1, 0.15) is 50.0 Å². The van der Waals surface area contributed by atoms with E-state index in [1.165, 1.54) is 44.2 Å². The molecule has 1 saturated heterocycles. The molecule has 2 heteroatoms. The summed E-state index contributed by atoms with van der Waals surface area (Å²) in [4.78, 5) is 2.72. The maximum absolute atomic E-state index is 9.57. The van der Waals surface area contributed by atoms with Crippen LogP contribution < -0.4 is 0 Å². The summed E-state index contributed by atoms with van der Waals surface area (Å²) in [6.45, 7) is 1.26. The molecule has 1 aliphatic heterocycles. The number of rotatable bonds is 2. The minimum absolute atomic E-state index is 0.254. The Morgan fingerprint density at radius 3 is 2.52 bits per heavy atom. The Morgan fingerprint density at radius 2 is 1.86 bits per heavy atom. The molecular weight excluding hydrogens is 256 g/mol. The Kier molecular flexibility index (Phi) is 3.47.